The summed E-state index contributed by atoms with van der Waals surface area (Å²) in [5, 5.41) is 16.0. The standard InChI is InChI=1S/C23H28N4O6S/c1-16-12-18-22(21(13-16)32-3)34(29,30)25-23(18)27(7-6-26-8-10-33-11-9-26)24-15-17-4-5-19(28)20(14-17)31-2/h4-5,12-15,28H,6-11H2,1-3H3/b24-15+. The Kier molecular flexibility index (Phi) is 7.05. The maximum absolute atomic E-state index is 12.9. The molecule has 0 bridgehead atoms. The molecule has 11 heteroatoms. The third kappa shape index (κ3) is 5.01. The number of hydrazone groups is 1. The Morgan fingerprint density at radius 2 is 1.91 bits per heavy atom. The Labute approximate surface area is 199 Å². The van der Waals surface area contributed by atoms with Crippen molar-refractivity contribution in [2.45, 2.75) is 11.8 Å². The van der Waals surface area contributed by atoms with Crippen molar-refractivity contribution in [2.24, 2.45) is 9.50 Å². The van der Waals surface area contributed by atoms with Crippen LogP contribution in [0.5, 0.6) is 17.2 Å². The molecule has 2 aromatic rings. The quantitative estimate of drug-likeness (QED) is 0.464. The molecule has 0 radical (unpaired) electrons. The third-order valence-electron chi connectivity index (χ3n) is 5.65. The highest BCUT2D eigenvalue weighted by Gasteiger charge is 2.36. The van der Waals surface area contributed by atoms with Gasteiger partial charge in [0.2, 0.25) is 0 Å². The molecule has 34 heavy (non-hydrogen) atoms. The van der Waals surface area contributed by atoms with Crippen LogP contribution in [-0.2, 0) is 14.8 Å². The number of benzene rings is 2. The fraction of sp³-hybridized carbons (Fsp3) is 0.391. The smallest absolute Gasteiger partial charge is 0.288 e. The molecule has 1 saturated heterocycles. The molecule has 2 aliphatic rings. The van der Waals surface area contributed by atoms with E-state index in [4.69, 9.17) is 14.2 Å². The second-order valence-corrected chi connectivity index (χ2v) is 9.53. The molecule has 0 saturated carbocycles. The number of rotatable bonds is 7. The molecule has 2 heterocycles. The first-order chi connectivity index (χ1) is 16.3. The van der Waals surface area contributed by atoms with Gasteiger partial charge in [-0.1, -0.05) is 0 Å². The van der Waals surface area contributed by atoms with Crippen LogP contribution in [0.2, 0.25) is 0 Å². The average Bonchev–Trinajstić information content (AvgIpc) is 3.10. The van der Waals surface area contributed by atoms with Gasteiger partial charge >= 0.3 is 0 Å². The average molecular weight is 489 g/mol. The Hall–Kier alpha value is -3.15. The van der Waals surface area contributed by atoms with Gasteiger partial charge in [0.05, 0.1) is 40.2 Å². The van der Waals surface area contributed by atoms with Crippen LogP contribution in [0, 0.1) is 6.92 Å². The number of sulfonamides is 1. The van der Waals surface area contributed by atoms with Crippen molar-refractivity contribution in [3.8, 4) is 17.2 Å². The van der Waals surface area contributed by atoms with Gasteiger partial charge in [0.25, 0.3) is 10.0 Å². The minimum absolute atomic E-state index is 0.0200. The number of hydrogen-bond donors (Lipinski definition) is 1. The number of ether oxygens (including phenoxy) is 3. The molecule has 0 atom stereocenters. The van der Waals surface area contributed by atoms with E-state index in [0.29, 0.717) is 43.2 Å². The van der Waals surface area contributed by atoms with Crippen molar-refractivity contribution in [2.75, 3.05) is 53.6 Å². The number of nitrogens with zero attached hydrogens (tertiary/aromatic N) is 4. The van der Waals surface area contributed by atoms with Crippen LogP contribution in [0.25, 0.3) is 0 Å². The molecule has 0 aliphatic carbocycles. The molecular formula is C23H28N4O6S. The Morgan fingerprint density at radius 1 is 1.18 bits per heavy atom. The predicted molar refractivity (Wildman–Crippen MR) is 128 cm³/mol. The lowest BCUT2D eigenvalue weighted by atomic mass is 10.1. The highest BCUT2D eigenvalue weighted by molar-refractivity contribution is 7.90. The minimum Gasteiger partial charge on any atom is -0.504 e. The molecule has 182 valence electrons. The van der Waals surface area contributed by atoms with E-state index in [1.807, 2.05) is 6.92 Å². The van der Waals surface area contributed by atoms with Crippen LogP contribution >= 0.6 is 0 Å². The lowest BCUT2D eigenvalue weighted by Gasteiger charge is -2.28. The van der Waals surface area contributed by atoms with E-state index in [1.165, 1.54) is 20.3 Å². The first-order valence-corrected chi connectivity index (χ1v) is 12.3. The van der Waals surface area contributed by atoms with E-state index in [2.05, 4.69) is 14.4 Å². The van der Waals surface area contributed by atoms with E-state index >= 15 is 0 Å². The number of hydrogen-bond acceptors (Lipinski definition) is 9. The molecule has 0 amide bonds. The lowest BCUT2D eigenvalue weighted by Crippen LogP contribution is -2.41. The van der Waals surface area contributed by atoms with E-state index in [0.717, 1.165) is 18.7 Å². The summed E-state index contributed by atoms with van der Waals surface area (Å²) in [5.41, 5.74) is 1.98. The van der Waals surface area contributed by atoms with Crippen molar-refractivity contribution in [1.29, 1.82) is 0 Å². The third-order valence-corrected chi connectivity index (χ3v) is 7.00. The van der Waals surface area contributed by atoms with Crippen LogP contribution in [0.3, 0.4) is 0 Å². The summed E-state index contributed by atoms with van der Waals surface area (Å²) in [6, 6.07) is 8.31. The zero-order valence-electron chi connectivity index (χ0n) is 19.4. The molecule has 0 aromatic heterocycles. The lowest BCUT2D eigenvalue weighted by molar-refractivity contribution is 0.0360. The van der Waals surface area contributed by atoms with Crippen LogP contribution in [0.1, 0.15) is 16.7 Å². The highest BCUT2D eigenvalue weighted by Crippen LogP contribution is 2.36. The van der Waals surface area contributed by atoms with E-state index in [9.17, 15) is 13.5 Å². The fourth-order valence-electron chi connectivity index (χ4n) is 3.91. The SMILES string of the molecule is COc1cc(/C=N/N(CCN2CCOCC2)C2=NS(=O)(=O)c3c(OC)cc(C)cc32)ccc1O. The Morgan fingerprint density at radius 3 is 2.62 bits per heavy atom. The van der Waals surface area contributed by atoms with Crippen molar-refractivity contribution >= 4 is 22.1 Å². The van der Waals surface area contributed by atoms with Gasteiger partial charge in [-0.2, -0.15) is 13.5 Å². The summed E-state index contributed by atoms with van der Waals surface area (Å²) in [6.07, 6.45) is 1.58. The van der Waals surface area contributed by atoms with Gasteiger partial charge in [0.1, 0.15) is 10.6 Å². The highest BCUT2D eigenvalue weighted by atomic mass is 32.2. The van der Waals surface area contributed by atoms with E-state index in [-0.39, 0.29) is 22.2 Å². The number of morpholine rings is 1. The molecule has 0 unspecified atom stereocenters. The fourth-order valence-corrected chi connectivity index (χ4v) is 5.24. The predicted octanol–water partition coefficient (Wildman–Crippen LogP) is 1.84. The molecular weight excluding hydrogens is 460 g/mol. The van der Waals surface area contributed by atoms with Crippen LogP contribution in [0.4, 0.5) is 0 Å². The summed E-state index contributed by atoms with van der Waals surface area (Å²) < 4.78 is 45.9. The zero-order valence-corrected chi connectivity index (χ0v) is 20.2. The van der Waals surface area contributed by atoms with Crippen molar-refractivity contribution in [3.05, 3.63) is 47.0 Å². The van der Waals surface area contributed by atoms with Gasteiger partial charge in [-0.05, 0) is 48.4 Å². The number of amidine groups is 1. The summed E-state index contributed by atoms with van der Waals surface area (Å²) >= 11 is 0. The Balaban J connectivity index is 1.71. The monoisotopic (exact) mass is 488 g/mol. The Bertz CT molecular complexity index is 1220. The minimum atomic E-state index is -3.94. The normalized spacial score (nSPS) is 17.4. The van der Waals surface area contributed by atoms with Crippen molar-refractivity contribution in [3.63, 3.8) is 0 Å². The molecule has 10 nitrogen and oxygen atoms in total. The van der Waals surface area contributed by atoms with Crippen molar-refractivity contribution in [1.82, 2.24) is 9.91 Å². The second-order valence-electron chi connectivity index (χ2n) is 7.99. The number of methoxy groups -OCH3 is 2. The topological polar surface area (TPSA) is 113 Å². The van der Waals surface area contributed by atoms with Crippen molar-refractivity contribution < 1.29 is 27.7 Å². The maximum Gasteiger partial charge on any atom is 0.288 e. The van der Waals surface area contributed by atoms with E-state index < -0.39 is 10.0 Å². The summed E-state index contributed by atoms with van der Waals surface area (Å²) in [4.78, 5) is 2.28. The maximum atomic E-state index is 12.9. The zero-order chi connectivity index (χ0) is 24.3. The molecule has 0 spiro atoms. The van der Waals surface area contributed by atoms with Crippen LogP contribution < -0.4 is 9.47 Å². The number of phenolic OH excluding ortho intramolecular Hbond substituents is 1. The first-order valence-electron chi connectivity index (χ1n) is 10.8. The molecule has 2 aliphatic heterocycles. The van der Waals surface area contributed by atoms with Gasteiger partial charge in [-0.15, -0.1) is 4.40 Å². The van der Waals surface area contributed by atoms with Gasteiger partial charge in [-0.25, -0.2) is 5.01 Å². The number of aromatic hydroxyl groups is 1. The van der Waals surface area contributed by atoms with Gasteiger partial charge < -0.3 is 19.3 Å². The summed E-state index contributed by atoms with van der Waals surface area (Å²) in [5.74, 6) is 0.836. The number of phenols is 1. The summed E-state index contributed by atoms with van der Waals surface area (Å²) in [7, 11) is -1.03. The van der Waals surface area contributed by atoms with Gasteiger partial charge in [0, 0.05) is 25.2 Å². The van der Waals surface area contributed by atoms with E-state index in [1.54, 1.807) is 35.5 Å². The number of fused-ring (bicyclic) bond motifs is 1. The largest absolute Gasteiger partial charge is 0.504 e. The molecule has 1 fully saturated rings. The van der Waals surface area contributed by atoms with Gasteiger partial charge in [-0.3, -0.25) is 4.90 Å². The van der Waals surface area contributed by atoms with Crippen LogP contribution in [-0.4, -0.2) is 89.1 Å². The second kappa shape index (κ2) is 10.00. The van der Waals surface area contributed by atoms with Gasteiger partial charge in [0.15, 0.2) is 17.3 Å². The molecule has 1 N–H and O–H groups in total. The summed E-state index contributed by atoms with van der Waals surface area (Å²) in [6.45, 7) is 5.83. The van der Waals surface area contributed by atoms with Crippen LogP contribution in [0.15, 0.2) is 44.7 Å². The molecule has 4 rings (SSSR count). The first kappa shape index (κ1) is 24.0. The molecule has 2 aromatic carbocycles. The number of aryl methyl sites for hydroxylation is 1.